The molecule has 3 atom stereocenters. The molecule has 0 bridgehead atoms. The summed E-state index contributed by atoms with van der Waals surface area (Å²) in [7, 11) is -3.35. The van der Waals surface area contributed by atoms with Gasteiger partial charge in [0.1, 0.15) is 10.4 Å². The molecule has 0 unspecified atom stereocenters. The van der Waals surface area contributed by atoms with E-state index >= 15 is 0 Å². The predicted octanol–water partition coefficient (Wildman–Crippen LogP) is -1.36. The molecule has 12 heteroatoms. The lowest BCUT2D eigenvalue weighted by molar-refractivity contribution is -0.161. The number of aromatic nitrogens is 2. The Morgan fingerprint density at radius 1 is 1.50 bits per heavy atom. The fourth-order valence-electron chi connectivity index (χ4n) is 2.55. The third-order valence-electron chi connectivity index (χ3n) is 3.98. The van der Waals surface area contributed by atoms with Gasteiger partial charge in [-0.25, -0.2) is 23.6 Å². The Balaban J connectivity index is 2.26. The largest absolute Gasteiger partial charge is 0.480 e. The highest BCUT2D eigenvalue weighted by atomic mass is 32.2. The molecule has 1 aromatic rings. The van der Waals surface area contributed by atoms with Crippen molar-refractivity contribution in [1.82, 2.24) is 20.3 Å². The van der Waals surface area contributed by atoms with E-state index in [-0.39, 0.29) is 12.1 Å². The van der Waals surface area contributed by atoms with Gasteiger partial charge in [-0.3, -0.25) is 14.6 Å². The SMILES string of the molecule is C[C@@H]1CC(=O)N1[C@@H](C(=O)O)[C@](C)(/C=N/NC(=O)c1cnccn1)[SH](=O)=O. The number of thiol groups is 1. The summed E-state index contributed by atoms with van der Waals surface area (Å²) >= 11 is 0. The zero-order valence-electron chi connectivity index (χ0n) is 13.9. The Hall–Kier alpha value is -2.89. The molecule has 2 rings (SSSR count). The molecular weight excluding hydrogens is 366 g/mol. The number of nitrogens with one attached hydrogen (secondary N) is 1. The molecule has 0 aromatic carbocycles. The Morgan fingerprint density at radius 3 is 2.65 bits per heavy atom. The van der Waals surface area contributed by atoms with Gasteiger partial charge in [-0.05, 0) is 13.8 Å². The number of rotatable bonds is 7. The highest BCUT2D eigenvalue weighted by molar-refractivity contribution is 7.75. The Kier molecular flexibility index (Phi) is 5.65. The van der Waals surface area contributed by atoms with Crippen LogP contribution in [0, 0.1) is 0 Å². The van der Waals surface area contributed by atoms with E-state index in [0.717, 1.165) is 18.0 Å². The molecule has 0 saturated carbocycles. The zero-order chi connectivity index (χ0) is 19.5. The third kappa shape index (κ3) is 3.69. The Labute approximate surface area is 150 Å². The number of β-lactam (4-membered cyclic amide) rings is 1. The number of carbonyl (C=O) groups excluding carboxylic acids is 2. The molecule has 0 radical (unpaired) electrons. The topological polar surface area (TPSA) is 159 Å². The van der Waals surface area contributed by atoms with E-state index < -0.39 is 45.3 Å². The first kappa shape index (κ1) is 19.4. The average molecular weight is 383 g/mol. The molecular formula is C14H17N5O6S. The molecule has 2 heterocycles. The van der Waals surface area contributed by atoms with Crippen LogP contribution in [0.3, 0.4) is 0 Å². The summed E-state index contributed by atoms with van der Waals surface area (Å²) in [6, 6.07) is -2.09. The summed E-state index contributed by atoms with van der Waals surface area (Å²) < 4.78 is 21.5. The number of aliphatic carboxylic acids is 1. The highest BCUT2D eigenvalue weighted by Gasteiger charge is 2.52. The van der Waals surface area contributed by atoms with Gasteiger partial charge in [0.25, 0.3) is 5.91 Å². The van der Waals surface area contributed by atoms with Gasteiger partial charge < -0.3 is 10.0 Å². The Morgan fingerprint density at radius 2 is 2.19 bits per heavy atom. The number of carbonyl (C=O) groups is 3. The number of carboxylic acids is 1. The second-order valence-corrected chi connectivity index (χ2v) is 7.35. The number of hydrogen-bond acceptors (Lipinski definition) is 8. The normalized spacial score (nSPS) is 20.5. The zero-order valence-corrected chi connectivity index (χ0v) is 14.8. The van der Waals surface area contributed by atoms with E-state index in [0.29, 0.717) is 0 Å². The first-order chi connectivity index (χ1) is 12.2. The Bertz CT molecular complexity index is 818. The van der Waals surface area contributed by atoms with Crippen LogP contribution in [0.15, 0.2) is 23.7 Å². The van der Waals surface area contributed by atoms with Crippen LogP contribution in [0.4, 0.5) is 0 Å². The number of likely N-dealkylation sites (tertiary alicyclic amines) is 1. The summed E-state index contributed by atoms with van der Waals surface area (Å²) in [5, 5.41) is 13.0. The van der Waals surface area contributed by atoms with Crippen LogP contribution < -0.4 is 5.43 Å². The lowest BCUT2D eigenvalue weighted by Gasteiger charge is -2.45. The lowest BCUT2D eigenvalue weighted by atomic mass is 9.92. The molecule has 2 amide bonds. The smallest absolute Gasteiger partial charge is 0.328 e. The molecule has 2 N–H and O–H groups in total. The molecule has 0 spiro atoms. The summed E-state index contributed by atoms with van der Waals surface area (Å²) in [6.45, 7) is 2.73. The van der Waals surface area contributed by atoms with Crippen LogP contribution in [-0.4, -0.2) is 69.2 Å². The molecule has 0 aliphatic carbocycles. The van der Waals surface area contributed by atoms with Crippen molar-refractivity contribution < 1.29 is 27.9 Å². The molecule has 1 fully saturated rings. The highest BCUT2D eigenvalue weighted by Crippen LogP contribution is 2.29. The van der Waals surface area contributed by atoms with Crippen LogP contribution in [0.5, 0.6) is 0 Å². The van der Waals surface area contributed by atoms with E-state index in [9.17, 15) is 27.9 Å². The van der Waals surface area contributed by atoms with Crippen LogP contribution in [0.2, 0.25) is 0 Å². The van der Waals surface area contributed by atoms with Gasteiger partial charge in [-0.15, -0.1) is 0 Å². The first-order valence-corrected chi connectivity index (χ1v) is 8.65. The van der Waals surface area contributed by atoms with Crippen molar-refractivity contribution in [2.75, 3.05) is 0 Å². The summed E-state index contributed by atoms with van der Waals surface area (Å²) in [6.07, 6.45) is 4.76. The van der Waals surface area contributed by atoms with Crippen LogP contribution in [0.1, 0.15) is 30.8 Å². The van der Waals surface area contributed by atoms with Crippen molar-refractivity contribution in [1.29, 1.82) is 0 Å². The van der Waals surface area contributed by atoms with Gasteiger partial charge >= 0.3 is 5.97 Å². The predicted molar refractivity (Wildman–Crippen MR) is 89.1 cm³/mol. The van der Waals surface area contributed by atoms with Gasteiger partial charge in [0.05, 0.1) is 6.20 Å². The quantitative estimate of drug-likeness (QED) is 0.225. The van der Waals surface area contributed by atoms with Crippen molar-refractivity contribution >= 4 is 34.7 Å². The van der Waals surface area contributed by atoms with E-state index in [2.05, 4.69) is 20.5 Å². The maximum Gasteiger partial charge on any atom is 0.328 e. The molecule has 1 saturated heterocycles. The van der Waals surface area contributed by atoms with E-state index in [1.165, 1.54) is 18.6 Å². The van der Waals surface area contributed by atoms with Gasteiger partial charge in [-0.2, -0.15) is 5.10 Å². The van der Waals surface area contributed by atoms with Gasteiger partial charge in [0, 0.05) is 31.1 Å². The maximum absolute atomic E-state index is 11.9. The number of carboxylic acid groups (broad SMARTS) is 1. The number of hydrogen-bond donors (Lipinski definition) is 3. The number of hydrazone groups is 1. The minimum atomic E-state index is -3.35. The van der Waals surface area contributed by atoms with Gasteiger partial charge in [0.15, 0.2) is 16.7 Å². The van der Waals surface area contributed by atoms with Crippen LogP contribution in [-0.2, 0) is 20.3 Å². The van der Waals surface area contributed by atoms with Crippen molar-refractivity contribution in [3.63, 3.8) is 0 Å². The molecule has 26 heavy (non-hydrogen) atoms. The number of amides is 2. The second kappa shape index (κ2) is 7.56. The van der Waals surface area contributed by atoms with Crippen molar-refractivity contribution in [3.8, 4) is 0 Å². The average Bonchev–Trinajstić information content (AvgIpc) is 2.59. The minimum Gasteiger partial charge on any atom is -0.480 e. The van der Waals surface area contributed by atoms with Crippen LogP contribution >= 0.6 is 0 Å². The van der Waals surface area contributed by atoms with Crippen molar-refractivity contribution in [2.45, 2.75) is 37.1 Å². The molecule has 140 valence electrons. The van der Waals surface area contributed by atoms with Gasteiger partial charge in [0.2, 0.25) is 5.91 Å². The standard InChI is InChI=1S/C14H17N5O6S/c1-8-5-10(20)19(8)11(13(22)23)14(2,26(24)25)7-17-18-12(21)9-6-15-3-4-16-9/h3-4,6-8,11,26H,5H2,1-2H3,(H,18,21)(H,22,23)/b17-7+/t8-,11+,14+/m1/s1. The second-order valence-electron chi connectivity index (χ2n) is 5.87. The van der Waals surface area contributed by atoms with E-state index in [1.807, 2.05) is 0 Å². The van der Waals surface area contributed by atoms with Crippen molar-refractivity contribution in [2.24, 2.45) is 5.10 Å². The molecule has 1 aromatic heterocycles. The summed E-state index contributed by atoms with van der Waals surface area (Å²) in [4.78, 5) is 43.7. The fourth-order valence-corrected chi connectivity index (χ4v) is 3.14. The minimum absolute atomic E-state index is 0.0563. The number of nitrogens with zero attached hydrogens (tertiary/aromatic N) is 4. The lowest BCUT2D eigenvalue weighted by Crippen LogP contribution is -2.66. The summed E-state index contributed by atoms with van der Waals surface area (Å²) in [5.74, 6) is -2.71. The summed E-state index contributed by atoms with van der Waals surface area (Å²) in [5.41, 5.74) is 2.01. The third-order valence-corrected chi connectivity index (χ3v) is 5.13. The fraction of sp³-hybridized carbons (Fsp3) is 0.429. The first-order valence-electron chi connectivity index (χ1n) is 7.47. The van der Waals surface area contributed by atoms with E-state index in [1.54, 1.807) is 6.92 Å². The molecule has 11 nitrogen and oxygen atoms in total. The van der Waals surface area contributed by atoms with Crippen LogP contribution in [0.25, 0.3) is 0 Å². The maximum atomic E-state index is 11.9. The molecule has 1 aliphatic rings. The molecule has 1 aliphatic heterocycles. The van der Waals surface area contributed by atoms with E-state index in [4.69, 9.17) is 0 Å². The van der Waals surface area contributed by atoms with Crippen molar-refractivity contribution in [3.05, 3.63) is 24.3 Å². The monoisotopic (exact) mass is 383 g/mol. The van der Waals surface area contributed by atoms with Gasteiger partial charge in [-0.1, -0.05) is 0 Å².